The van der Waals surface area contributed by atoms with Crippen molar-refractivity contribution in [3.8, 4) is 11.1 Å². The van der Waals surface area contributed by atoms with E-state index in [1.165, 1.54) is 17.4 Å². The molecular formula is C27H23Cl2F2N3O4. The number of rotatable bonds is 5. The van der Waals surface area contributed by atoms with Gasteiger partial charge in [0.05, 0.1) is 22.3 Å². The Morgan fingerprint density at radius 2 is 1.55 bits per heavy atom. The number of likely N-dealkylation sites (tertiary alicyclic amines) is 1. The van der Waals surface area contributed by atoms with Crippen molar-refractivity contribution in [2.24, 2.45) is 0 Å². The first-order valence-corrected chi connectivity index (χ1v) is 12.9. The zero-order chi connectivity index (χ0) is 26.4. The van der Waals surface area contributed by atoms with Gasteiger partial charge in [-0.1, -0.05) is 23.2 Å². The van der Waals surface area contributed by atoms with E-state index >= 15 is 0 Å². The molecule has 0 saturated carbocycles. The Labute approximate surface area is 227 Å². The zero-order valence-corrected chi connectivity index (χ0v) is 21.6. The monoisotopic (exact) mass is 561 g/mol. The molecule has 3 fully saturated rings. The highest BCUT2D eigenvalue weighted by molar-refractivity contribution is 6.39. The lowest BCUT2D eigenvalue weighted by Crippen LogP contribution is -2.46. The number of amides is 1. The van der Waals surface area contributed by atoms with Gasteiger partial charge in [0.15, 0.2) is 0 Å². The van der Waals surface area contributed by atoms with Crippen LogP contribution in [-0.2, 0) is 21.0 Å². The SMILES string of the molecule is O=C1OC2(CCN(Cc3cc(Cl)c(-c4ccc(F)cc4F)c(Cl)c3)CC2)CN1c1ccc(N2OCO2)cc1. The molecule has 0 atom stereocenters. The van der Waals surface area contributed by atoms with E-state index in [0.29, 0.717) is 54.6 Å². The Hall–Kier alpha value is -2.95. The maximum Gasteiger partial charge on any atom is 0.415 e. The molecular weight excluding hydrogens is 539 g/mol. The standard InChI is InChI=1S/C27H23Cl2F2N3O4/c28-22-11-17(12-23(29)25(22)21-6-1-18(30)13-24(21)31)14-32-9-7-27(8-10-32)15-33(26(35)38-27)19-2-4-20(5-3-19)34-36-16-37-34/h1-6,11-13H,7-10,14-16H2. The van der Waals surface area contributed by atoms with Gasteiger partial charge in [-0.2, -0.15) is 0 Å². The molecule has 11 heteroatoms. The first kappa shape index (κ1) is 25.3. The van der Waals surface area contributed by atoms with Crippen molar-refractivity contribution in [2.75, 3.05) is 36.6 Å². The first-order chi connectivity index (χ1) is 18.3. The summed E-state index contributed by atoms with van der Waals surface area (Å²) in [5, 5.41) is 1.91. The van der Waals surface area contributed by atoms with Crippen LogP contribution in [0.4, 0.5) is 25.0 Å². The first-order valence-electron chi connectivity index (χ1n) is 12.1. The van der Waals surface area contributed by atoms with Gasteiger partial charge in [-0.05, 0) is 54.1 Å². The molecule has 0 radical (unpaired) electrons. The second kappa shape index (κ2) is 9.98. The third-order valence-electron chi connectivity index (χ3n) is 7.16. The van der Waals surface area contributed by atoms with Crippen LogP contribution >= 0.6 is 23.2 Å². The molecule has 6 rings (SSSR count). The van der Waals surface area contributed by atoms with Crippen LogP contribution in [0.25, 0.3) is 11.1 Å². The van der Waals surface area contributed by atoms with Crippen LogP contribution in [0, 0.1) is 11.6 Å². The van der Waals surface area contributed by atoms with E-state index in [9.17, 15) is 13.6 Å². The third-order valence-corrected chi connectivity index (χ3v) is 7.75. The molecule has 3 aliphatic heterocycles. The highest BCUT2D eigenvalue weighted by Crippen LogP contribution is 2.39. The van der Waals surface area contributed by atoms with E-state index in [-0.39, 0.29) is 18.4 Å². The number of carbonyl (C=O) groups excluding carboxylic acids is 1. The van der Waals surface area contributed by atoms with Gasteiger partial charge in [0.25, 0.3) is 0 Å². The molecule has 3 heterocycles. The number of hydrogen-bond donors (Lipinski definition) is 0. The number of benzene rings is 3. The Bertz CT molecular complexity index is 1360. The highest BCUT2D eigenvalue weighted by atomic mass is 35.5. The molecule has 1 amide bonds. The molecule has 0 N–H and O–H groups in total. The summed E-state index contributed by atoms with van der Waals surface area (Å²) >= 11 is 13.0. The van der Waals surface area contributed by atoms with Gasteiger partial charge in [0.1, 0.15) is 17.2 Å². The molecule has 3 aromatic rings. The van der Waals surface area contributed by atoms with Gasteiger partial charge in [0, 0.05) is 55.4 Å². The van der Waals surface area contributed by atoms with Crippen LogP contribution in [0.2, 0.25) is 10.0 Å². The van der Waals surface area contributed by atoms with Crippen LogP contribution < -0.4 is 10.1 Å². The molecule has 3 saturated heterocycles. The molecule has 0 unspecified atom stereocenters. The Kier molecular flexibility index (Phi) is 6.65. The summed E-state index contributed by atoms with van der Waals surface area (Å²) < 4.78 is 33.5. The van der Waals surface area contributed by atoms with Crippen molar-refractivity contribution in [1.82, 2.24) is 4.90 Å². The smallest absolute Gasteiger partial charge is 0.415 e. The van der Waals surface area contributed by atoms with E-state index in [1.54, 1.807) is 17.0 Å². The maximum atomic E-state index is 14.3. The van der Waals surface area contributed by atoms with E-state index in [2.05, 4.69) is 4.90 Å². The van der Waals surface area contributed by atoms with Crippen molar-refractivity contribution < 1.29 is 28.0 Å². The van der Waals surface area contributed by atoms with Crippen LogP contribution in [0.1, 0.15) is 18.4 Å². The summed E-state index contributed by atoms with van der Waals surface area (Å²) in [5.41, 5.74) is 2.31. The van der Waals surface area contributed by atoms with E-state index in [1.807, 2.05) is 24.3 Å². The number of hydrogen-bond acceptors (Lipinski definition) is 6. The lowest BCUT2D eigenvalue weighted by molar-refractivity contribution is -0.277. The zero-order valence-electron chi connectivity index (χ0n) is 20.1. The lowest BCUT2D eigenvalue weighted by Gasteiger charge is -2.37. The topological polar surface area (TPSA) is 54.5 Å². The summed E-state index contributed by atoms with van der Waals surface area (Å²) in [5.74, 6) is -1.39. The lowest BCUT2D eigenvalue weighted by atomic mass is 9.91. The fraction of sp³-hybridized carbons (Fsp3) is 0.296. The summed E-state index contributed by atoms with van der Waals surface area (Å²) in [6.45, 7) is 2.72. The number of ether oxygens (including phenoxy) is 1. The molecule has 3 aliphatic rings. The van der Waals surface area contributed by atoms with Crippen LogP contribution in [0.3, 0.4) is 0 Å². The maximum absolute atomic E-state index is 14.3. The summed E-state index contributed by atoms with van der Waals surface area (Å²) in [6.07, 6.45) is 1.01. The largest absolute Gasteiger partial charge is 0.441 e. The van der Waals surface area contributed by atoms with E-state index < -0.39 is 17.2 Å². The van der Waals surface area contributed by atoms with Crippen LogP contribution in [-0.4, -0.2) is 43.0 Å². The quantitative estimate of drug-likeness (QED) is 0.351. The third kappa shape index (κ3) is 4.81. The van der Waals surface area contributed by atoms with Crippen molar-refractivity contribution in [2.45, 2.75) is 25.0 Å². The van der Waals surface area contributed by atoms with Gasteiger partial charge in [-0.3, -0.25) is 9.80 Å². The van der Waals surface area contributed by atoms with Gasteiger partial charge in [0.2, 0.25) is 6.79 Å². The van der Waals surface area contributed by atoms with Crippen LogP contribution in [0.5, 0.6) is 0 Å². The predicted molar refractivity (Wildman–Crippen MR) is 139 cm³/mol. The predicted octanol–water partition coefficient (Wildman–Crippen LogP) is 6.57. The normalized spacial score (nSPS) is 19.1. The molecule has 7 nitrogen and oxygen atoms in total. The van der Waals surface area contributed by atoms with Gasteiger partial charge in [-0.15, -0.1) is 5.23 Å². The Balaban J connectivity index is 1.10. The number of carbonyl (C=O) groups is 1. The molecule has 0 bridgehead atoms. The van der Waals surface area contributed by atoms with Gasteiger partial charge >= 0.3 is 6.09 Å². The molecule has 0 aromatic heterocycles. The average molecular weight is 562 g/mol. The number of nitrogens with zero attached hydrogens (tertiary/aromatic N) is 3. The van der Waals surface area contributed by atoms with Gasteiger partial charge in [-0.25, -0.2) is 23.3 Å². The summed E-state index contributed by atoms with van der Waals surface area (Å²) in [6, 6.07) is 14.1. The minimum absolute atomic E-state index is 0.150. The fourth-order valence-electron chi connectivity index (χ4n) is 5.13. The van der Waals surface area contributed by atoms with Gasteiger partial charge < -0.3 is 4.74 Å². The Morgan fingerprint density at radius 3 is 2.16 bits per heavy atom. The minimum atomic E-state index is -0.724. The van der Waals surface area contributed by atoms with Crippen molar-refractivity contribution in [1.29, 1.82) is 0 Å². The highest BCUT2D eigenvalue weighted by Gasteiger charge is 2.47. The van der Waals surface area contributed by atoms with Crippen molar-refractivity contribution >= 4 is 40.7 Å². The number of halogens is 4. The second-order valence-electron chi connectivity index (χ2n) is 9.62. The molecule has 38 heavy (non-hydrogen) atoms. The molecule has 0 aliphatic carbocycles. The fourth-order valence-corrected chi connectivity index (χ4v) is 5.87. The molecule has 198 valence electrons. The van der Waals surface area contributed by atoms with E-state index in [0.717, 1.165) is 23.0 Å². The number of anilines is 2. The summed E-state index contributed by atoms with van der Waals surface area (Å²) in [7, 11) is 0. The minimum Gasteiger partial charge on any atom is -0.441 e. The van der Waals surface area contributed by atoms with Crippen LogP contribution in [0.15, 0.2) is 54.6 Å². The average Bonchev–Trinajstić information content (AvgIpc) is 3.16. The van der Waals surface area contributed by atoms with Crippen molar-refractivity contribution in [3.05, 3.63) is 81.8 Å². The summed E-state index contributed by atoms with van der Waals surface area (Å²) in [4.78, 5) is 26.9. The molecule has 1 spiro atoms. The molecule has 3 aromatic carbocycles. The number of piperidine rings is 1. The van der Waals surface area contributed by atoms with E-state index in [4.69, 9.17) is 37.6 Å². The van der Waals surface area contributed by atoms with Crippen molar-refractivity contribution in [3.63, 3.8) is 0 Å². The second-order valence-corrected chi connectivity index (χ2v) is 10.4. The Morgan fingerprint density at radius 1 is 0.895 bits per heavy atom.